The summed E-state index contributed by atoms with van der Waals surface area (Å²) in [5.74, 6) is -2.73. The normalized spacial score (nSPS) is 19.2. The number of halogens is 3. The lowest BCUT2D eigenvalue weighted by Gasteiger charge is -2.52. The summed E-state index contributed by atoms with van der Waals surface area (Å²) in [4.78, 5) is 37.7. The molecule has 7 nitrogen and oxygen atoms in total. The molecule has 186 valence electrons. The molecule has 4 rings (SSSR count). The van der Waals surface area contributed by atoms with E-state index in [-0.39, 0.29) is 19.1 Å². The number of hydrogen-bond donors (Lipinski definition) is 2. The SMILES string of the molecule is CC1(C)CN(C(=O)C(CC(F)(F)F)NC(=O)OCC2c3ccccc3-c3ccccc32)C1C(=O)O. The number of alkyl halides is 3. The Balaban J connectivity index is 1.47. The number of aliphatic carboxylic acids is 1. The molecule has 0 aromatic heterocycles. The van der Waals surface area contributed by atoms with E-state index in [0.717, 1.165) is 27.2 Å². The van der Waals surface area contributed by atoms with Gasteiger partial charge in [0.05, 0.1) is 6.42 Å². The van der Waals surface area contributed by atoms with Crippen molar-refractivity contribution < 1.29 is 37.4 Å². The minimum absolute atomic E-state index is 0.0382. The highest BCUT2D eigenvalue weighted by Crippen LogP contribution is 2.44. The highest BCUT2D eigenvalue weighted by Gasteiger charge is 2.54. The maximum absolute atomic E-state index is 13.2. The van der Waals surface area contributed by atoms with Crippen LogP contribution in [-0.4, -0.2) is 59.4 Å². The lowest BCUT2D eigenvalue weighted by Crippen LogP contribution is -2.70. The van der Waals surface area contributed by atoms with Gasteiger partial charge in [-0.2, -0.15) is 13.2 Å². The van der Waals surface area contributed by atoms with E-state index >= 15 is 0 Å². The molecule has 0 saturated carbocycles. The van der Waals surface area contributed by atoms with E-state index in [9.17, 15) is 32.7 Å². The zero-order valence-electron chi connectivity index (χ0n) is 19.1. The van der Waals surface area contributed by atoms with Gasteiger partial charge in [0.15, 0.2) is 0 Å². The molecular formula is C25H25F3N2O5. The number of hydrogen-bond acceptors (Lipinski definition) is 4. The summed E-state index contributed by atoms with van der Waals surface area (Å²) in [6, 6.07) is 11.9. The maximum Gasteiger partial charge on any atom is 0.407 e. The Hall–Kier alpha value is -3.56. The first-order chi connectivity index (χ1) is 16.4. The van der Waals surface area contributed by atoms with E-state index in [4.69, 9.17) is 4.74 Å². The minimum Gasteiger partial charge on any atom is -0.480 e. The number of nitrogens with one attached hydrogen (secondary N) is 1. The van der Waals surface area contributed by atoms with Gasteiger partial charge < -0.3 is 20.1 Å². The fourth-order valence-electron chi connectivity index (χ4n) is 5.01. The molecule has 1 aliphatic heterocycles. The van der Waals surface area contributed by atoms with Crippen LogP contribution in [0, 0.1) is 5.41 Å². The second-order valence-corrected chi connectivity index (χ2v) is 9.54. The van der Waals surface area contributed by atoms with Gasteiger partial charge in [0.25, 0.3) is 0 Å². The van der Waals surface area contributed by atoms with Crippen LogP contribution >= 0.6 is 0 Å². The molecule has 1 fully saturated rings. The van der Waals surface area contributed by atoms with Gasteiger partial charge in [-0.3, -0.25) is 4.79 Å². The Labute approximate surface area is 199 Å². The molecule has 1 saturated heterocycles. The van der Waals surface area contributed by atoms with Crippen LogP contribution in [0.1, 0.15) is 37.3 Å². The first-order valence-electron chi connectivity index (χ1n) is 11.1. The van der Waals surface area contributed by atoms with Gasteiger partial charge in [0.1, 0.15) is 18.7 Å². The van der Waals surface area contributed by atoms with Crippen LogP contribution in [0.4, 0.5) is 18.0 Å². The molecule has 2 unspecified atom stereocenters. The Bertz CT molecular complexity index is 1120. The number of ether oxygens (including phenoxy) is 1. The topological polar surface area (TPSA) is 95.9 Å². The van der Waals surface area contributed by atoms with E-state index in [1.54, 1.807) is 13.8 Å². The first kappa shape index (κ1) is 24.6. The van der Waals surface area contributed by atoms with E-state index in [0.29, 0.717) is 0 Å². The van der Waals surface area contributed by atoms with Crippen LogP contribution in [0.3, 0.4) is 0 Å². The summed E-state index contributed by atoms with van der Waals surface area (Å²) in [5, 5.41) is 11.4. The first-order valence-corrected chi connectivity index (χ1v) is 11.1. The standard InChI is InChI=1S/C25H25F3N2O5/c1-24(2)13-30(20(24)22(32)33)21(31)19(11-25(26,27)28)29-23(34)35-12-18-16-9-5-3-7-14(16)15-8-4-6-10-17(15)18/h3-10,18-20H,11-13H2,1-2H3,(H,29,34)(H,32,33). The molecule has 2 aliphatic rings. The van der Waals surface area contributed by atoms with Crippen molar-refractivity contribution >= 4 is 18.0 Å². The van der Waals surface area contributed by atoms with Crippen LogP contribution in [0.25, 0.3) is 11.1 Å². The highest BCUT2D eigenvalue weighted by atomic mass is 19.4. The predicted molar refractivity (Wildman–Crippen MR) is 120 cm³/mol. The lowest BCUT2D eigenvalue weighted by molar-refractivity contribution is -0.177. The molecule has 10 heteroatoms. The molecule has 0 bridgehead atoms. The fraction of sp³-hybridized carbons (Fsp3) is 0.400. The largest absolute Gasteiger partial charge is 0.480 e. The summed E-state index contributed by atoms with van der Waals surface area (Å²) in [7, 11) is 0. The maximum atomic E-state index is 13.2. The molecule has 2 amide bonds. The molecule has 0 radical (unpaired) electrons. The Kier molecular flexibility index (Phi) is 6.25. The van der Waals surface area contributed by atoms with Crippen LogP contribution in [0.5, 0.6) is 0 Å². The number of carbonyl (C=O) groups excluding carboxylic acids is 2. The third-order valence-corrected chi connectivity index (χ3v) is 6.52. The number of rotatable bonds is 6. The van der Waals surface area contributed by atoms with Gasteiger partial charge in [-0.25, -0.2) is 9.59 Å². The van der Waals surface area contributed by atoms with Crippen molar-refractivity contribution in [3.05, 3.63) is 59.7 Å². The molecular weight excluding hydrogens is 465 g/mol. The third kappa shape index (κ3) is 4.82. The minimum atomic E-state index is -4.77. The highest BCUT2D eigenvalue weighted by molar-refractivity contribution is 5.91. The quantitative estimate of drug-likeness (QED) is 0.634. The molecule has 2 atom stereocenters. The zero-order chi connectivity index (χ0) is 25.5. The third-order valence-electron chi connectivity index (χ3n) is 6.52. The second-order valence-electron chi connectivity index (χ2n) is 9.54. The van der Waals surface area contributed by atoms with Crippen molar-refractivity contribution in [2.75, 3.05) is 13.2 Å². The van der Waals surface area contributed by atoms with Crippen LogP contribution in [0.15, 0.2) is 48.5 Å². The van der Waals surface area contributed by atoms with Crippen LogP contribution < -0.4 is 5.32 Å². The summed E-state index contributed by atoms with van der Waals surface area (Å²) in [6.45, 7) is 3.03. The summed E-state index contributed by atoms with van der Waals surface area (Å²) in [6.07, 6.45) is -7.59. The van der Waals surface area contributed by atoms with Crippen molar-refractivity contribution in [1.82, 2.24) is 10.2 Å². The number of benzene rings is 2. The molecule has 35 heavy (non-hydrogen) atoms. The number of likely N-dealkylation sites (tertiary alicyclic amines) is 1. The van der Waals surface area contributed by atoms with Crippen LogP contribution in [-0.2, 0) is 14.3 Å². The van der Waals surface area contributed by atoms with E-state index < -0.39 is 48.1 Å². The van der Waals surface area contributed by atoms with Crippen LogP contribution in [0.2, 0.25) is 0 Å². The predicted octanol–water partition coefficient (Wildman–Crippen LogP) is 4.17. The van der Waals surface area contributed by atoms with Crippen molar-refractivity contribution in [3.63, 3.8) is 0 Å². The number of carboxylic acid groups (broad SMARTS) is 1. The Morgan fingerprint density at radius 2 is 1.63 bits per heavy atom. The number of fused-ring (bicyclic) bond motifs is 3. The Morgan fingerprint density at radius 3 is 2.11 bits per heavy atom. The number of nitrogens with zero attached hydrogens (tertiary/aromatic N) is 1. The number of amides is 2. The molecule has 0 spiro atoms. The van der Waals surface area contributed by atoms with Gasteiger partial charge in [-0.05, 0) is 22.3 Å². The number of alkyl carbamates (subject to hydrolysis) is 1. The van der Waals surface area contributed by atoms with Gasteiger partial charge in [0, 0.05) is 17.9 Å². The monoisotopic (exact) mass is 490 g/mol. The lowest BCUT2D eigenvalue weighted by atomic mass is 9.74. The Morgan fingerprint density at radius 1 is 1.09 bits per heavy atom. The zero-order valence-corrected chi connectivity index (χ0v) is 19.1. The average Bonchev–Trinajstić information content (AvgIpc) is 3.08. The number of carboxylic acids is 1. The molecule has 1 heterocycles. The van der Waals surface area contributed by atoms with Crippen molar-refractivity contribution in [1.29, 1.82) is 0 Å². The summed E-state index contributed by atoms with van der Waals surface area (Å²) in [5.41, 5.74) is 3.03. The van der Waals surface area contributed by atoms with E-state index in [1.807, 2.05) is 53.8 Å². The molecule has 1 aliphatic carbocycles. The number of carbonyl (C=O) groups is 3. The average molecular weight is 490 g/mol. The van der Waals surface area contributed by atoms with Gasteiger partial charge in [-0.1, -0.05) is 62.4 Å². The summed E-state index contributed by atoms with van der Waals surface area (Å²) >= 11 is 0. The van der Waals surface area contributed by atoms with Gasteiger partial charge in [0.2, 0.25) is 5.91 Å². The summed E-state index contributed by atoms with van der Waals surface area (Å²) < 4.78 is 44.9. The van der Waals surface area contributed by atoms with Crippen molar-refractivity contribution in [2.24, 2.45) is 5.41 Å². The molecule has 2 N–H and O–H groups in total. The fourth-order valence-corrected chi connectivity index (χ4v) is 5.01. The van der Waals surface area contributed by atoms with Crippen molar-refractivity contribution in [2.45, 2.75) is 44.4 Å². The molecule has 2 aromatic carbocycles. The van der Waals surface area contributed by atoms with Gasteiger partial charge in [-0.15, -0.1) is 0 Å². The van der Waals surface area contributed by atoms with E-state index in [2.05, 4.69) is 0 Å². The smallest absolute Gasteiger partial charge is 0.407 e. The molecule has 2 aromatic rings. The van der Waals surface area contributed by atoms with Gasteiger partial charge >= 0.3 is 18.2 Å². The van der Waals surface area contributed by atoms with Crippen molar-refractivity contribution in [3.8, 4) is 11.1 Å². The second kappa shape index (κ2) is 8.90. The van der Waals surface area contributed by atoms with E-state index in [1.165, 1.54) is 0 Å².